The van der Waals surface area contributed by atoms with Gasteiger partial charge >= 0.3 is 0 Å². The summed E-state index contributed by atoms with van der Waals surface area (Å²) in [5.41, 5.74) is 1.28. The van der Waals surface area contributed by atoms with Crippen LogP contribution < -0.4 is 14.8 Å². The van der Waals surface area contributed by atoms with E-state index in [0.717, 1.165) is 31.7 Å². The number of hydrogen-bond acceptors (Lipinski definition) is 3. The molecule has 3 nitrogen and oxygen atoms in total. The van der Waals surface area contributed by atoms with Gasteiger partial charge in [-0.3, -0.25) is 0 Å². The summed E-state index contributed by atoms with van der Waals surface area (Å²) in [7, 11) is 0. The zero-order chi connectivity index (χ0) is 11.7. The van der Waals surface area contributed by atoms with Crippen molar-refractivity contribution >= 4 is 11.6 Å². The fourth-order valence-corrected chi connectivity index (χ4v) is 2.80. The van der Waals surface area contributed by atoms with Crippen LogP contribution in [-0.2, 0) is 0 Å². The first-order valence-corrected chi connectivity index (χ1v) is 6.52. The van der Waals surface area contributed by atoms with Crippen LogP contribution in [0.15, 0.2) is 12.1 Å². The Labute approximate surface area is 106 Å². The molecule has 2 aliphatic heterocycles. The molecule has 1 N–H and O–H groups in total. The van der Waals surface area contributed by atoms with E-state index in [-0.39, 0.29) is 0 Å². The van der Waals surface area contributed by atoms with Gasteiger partial charge in [0, 0.05) is 0 Å². The van der Waals surface area contributed by atoms with E-state index in [1.165, 1.54) is 5.56 Å². The fourth-order valence-electron chi connectivity index (χ4n) is 2.52. The third-order valence-corrected chi connectivity index (χ3v) is 3.71. The number of benzene rings is 1. The molecule has 0 aliphatic carbocycles. The van der Waals surface area contributed by atoms with E-state index in [2.05, 4.69) is 11.4 Å². The van der Waals surface area contributed by atoms with Crippen LogP contribution in [0.2, 0.25) is 5.02 Å². The van der Waals surface area contributed by atoms with E-state index >= 15 is 0 Å². The summed E-state index contributed by atoms with van der Waals surface area (Å²) in [5, 5.41) is 4.05. The summed E-state index contributed by atoms with van der Waals surface area (Å²) < 4.78 is 11.1. The Morgan fingerprint density at radius 2 is 1.88 bits per heavy atom. The number of hydrogen-bond donors (Lipinski definition) is 1. The van der Waals surface area contributed by atoms with Crippen LogP contribution in [0.5, 0.6) is 11.5 Å². The molecule has 0 amide bonds. The Morgan fingerprint density at radius 1 is 1.12 bits per heavy atom. The van der Waals surface area contributed by atoms with Crippen LogP contribution in [0.3, 0.4) is 0 Å². The van der Waals surface area contributed by atoms with Gasteiger partial charge in [-0.2, -0.15) is 0 Å². The maximum atomic E-state index is 6.25. The summed E-state index contributed by atoms with van der Waals surface area (Å²) >= 11 is 6.25. The SMILES string of the molecule is Clc1cc(C2CCNCC2)cc2c1OCCO2. The summed E-state index contributed by atoms with van der Waals surface area (Å²) in [5.74, 6) is 2.09. The molecule has 17 heavy (non-hydrogen) atoms. The molecule has 2 heterocycles. The Kier molecular flexibility index (Phi) is 3.12. The van der Waals surface area contributed by atoms with Gasteiger partial charge in [-0.1, -0.05) is 11.6 Å². The molecule has 1 aromatic rings. The molecule has 92 valence electrons. The topological polar surface area (TPSA) is 30.5 Å². The van der Waals surface area contributed by atoms with Crippen molar-refractivity contribution in [3.05, 3.63) is 22.7 Å². The Hall–Kier alpha value is -0.930. The molecule has 2 aliphatic rings. The zero-order valence-electron chi connectivity index (χ0n) is 9.67. The second-order valence-electron chi connectivity index (χ2n) is 4.55. The normalized spacial score (nSPS) is 20.3. The number of ether oxygens (including phenoxy) is 2. The van der Waals surface area contributed by atoms with Crippen LogP contribution in [0.1, 0.15) is 24.3 Å². The van der Waals surface area contributed by atoms with E-state index in [1.54, 1.807) is 0 Å². The van der Waals surface area contributed by atoms with Gasteiger partial charge in [0.05, 0.1) is 5.02 Å². The maximum Gasteiger partial charge on any atom is 0.179 e. The van der Waals surface area contributed by atoms with Gasteiger partial charge in [-0.15, -0.1) is 0 Å². The molecule has 0 atom stereocenters. The molecule has 4 heteroatoms. The van der Waals surface area contributed by atoms with Gasteiger partial charge in [-0.25, -0.2) is 0 Å². The molecule has 1 fully saturated rings. The van der Waals surface area contributed by atoms with Gasteiger partial charge in [-0.05, 0) is 49.5 Å². The second kappa shape index (κ2) is 4.75. The number of halogens is 1. The lowest BCUT2D eigenvalue weighted by atomic mass is 9.90. The van der Waals surface area contributed by atoms with E-state index < -0.39 is 0 Å². The van der Waals surface area contributed by atoms with E-state index in [1.807, 2.05) is 6.07 Å². The van der Waals surface area contributed by atoms with Crippen LogP contribution in [-0.4, -0.2) is 26.3 Å². The highest BCUT2D eigenvalue weighted by Gasteiger charge is 2.21. The molecule has 0 spiro atoms. The maximum absolute atomic E-state index is 6.25. The van der Waals surface area contributed by atoms with Gasteiger partial charge in [0.1, 0.15) is 13.2 Å². The van der Waals surface area contributed by atoms with Gasteiger partial charge in [0.25, 0.3) is 0 Å². The Balaban J connectivity index is 1.92. The molecule has 0 bridgehead atoms. The summed E-state index contributed by atoms with van der Waals surface area (Å²) in [6, 6.07) is 4.13. The van der Waals surface area contributed by atoms with Gasteiger partial charge < -0.3 is 14.8 Å². The van der Waals surface area contributed by atoms with Crippen molar-refractivity contribution in [2.24, 2.45) is 0 Å². The van der Waals surface area contributed by atoms with Crippen molar-refractivity contribution in [1.29, 1.82) is 0 Å². The molecular weight excluding hydrogens is 238 g/mol. The molecule has 0 aromatic heterocycles. The standard InChI is InChI=1S/C13H16ClNO2/c14-11-7-10(9-1-3-15-4-2-9)8-12-13(11)17-6-5-16-12/h7-9,15H,1-6H2. The lowest BCUT2D eigenvalue weighted by Crippen LogP contribution is -2.26. The molecule has 0 unspecified atom stereocenters. The minimum absolute atomic E-state index is 0.583. The van der Waals surface area contributed by atoms with E-state index in [4.69, 9.17) is 21.1 Å². The van der Waals surface area contributed by atoms with E-state index in [9.17, 15) is 0 Å². The second-order valence-corrected chi connectivity index (χ2v) is 4.96. The van der Waals surface area contributed by atoms with Crippen molar-refractivity contribution in [1.82, 2.24) is 5.32 Å². The highest BCUT2D eigenvalue weighted by Crippen LogP contribution is 2.41. The van der Waals surface area contributed by atoms with Crippen molar-refractivity contribution < 1.29 is 9.47 Å². The lowest BCUT2D eigenvalue weighted by Gasteiger charge is -2.26. The van der Waals surface area contributed by atoms with Crippen LogP contribution in [0, 0.1) is 0 Å². The molecule has 1 aromatic carbocycles. The lowest BCUT2D eigenvalue weighted by molar-refractivity contribution is 0.171. The molecular formula is C13H16ClNO2. The Morgan fingerprint density at radius 3 is 2.71 bits per heavy atom. The number of nitrogens with one attached hydrogen (secondary N) is 1. The third kappa shape index (κ3) is 2.22. The molecule has 1 saturated heterocycles. The predicted octanol–water partition coefficient (Wildman–Crippen LogP) is 2.58. The van der Waals surface area contributed by atoms with E-state index in [0.29, 0.717) is 29.9 Å². The predicted molar refractivity (Wildman–Crippen MR) is 67.3 cm³/mol. The molecule has 3 rings (SSSR count). The van der Waals surface area contributed by atoms with Crippen molar-refractivity contribution in [3.63, 3.8) is 0 Å². The zero-order valence-corrected chi connectivity index (χ0v) is 10.4. The smallest absolute Gasteiger partial charge is 0.179 e. The van der Waals surface area contributed by atoms with Crippen LogP contribution >= 0.6 is 11.6 Å². The largest absolute Gasteiger partial charge is 0.486 e. The van der Waals surface area contributed by atoms with Crippen molar-refractivity contribution in [3.8, 4) is 11.5 Å². The monoisotopic (exact) mass is 253 g/mol. The third-order valence-electron chi connectivity index (χ3n) is 3.43. The molecule has 0 saturated carbocycles. The average molecular weight is 254 g/mol. The average Bonchev–Trinajstić information content (AvgIpc) is 2.40. The number of rotatable bonds is 1. The highest BCUT2D eigenvalue weighted by atomic mass is 35.5. The number of fused-ring (bicyclic) bond motifs is 1. The first kappa shape index (κ1) is 11.2. The van der Waals surface area contributed by atoms with Crippen LogP contribution in [0.4, 0.5) is 0 Å². The first-order chi connectivity index (χ1) is 8.34. The molecule has 0 radical (unpaired) electrons. The van der Waals surface area contributed by atoms with Crippen molar-refractivity contribution in [2.45, 2.75) is 18.8 Å². The van der Waals surface area contributed by atoms with Crippen LogP contribution in [0.25, 0.3) is 0 Å². The van der Waals surface area contributed by atoms with Gasteiger partial charge in [0.15, 0.2) is 11.5 Å². The highest BCUT2D eigenvalue weighted by molar-refractivity contribution is 6.32. The first-order valence-electron chi connectivity index (χ1n) is 6.14. The fraction of sp³-hybridized carbons (Fsp3) is 0.538. The quantitative estimate of drug-likeness (QED) is 0.835. The summed E-state index contributed by atoms with van der Waals surface area (Å²) in [6.45, 7) is 3.35. The van der Waals surface area contributed by atoms with Gasteiger partial charge in [0.2, 0.25) is 0 Å². The Bertz CT molecular complexity index is 416. The number of piperidine rings is 1. The minimum Gasteiger partial charge on any atom is -0.486 e. The minimum atomic E-state index is 0.583. The summed E-state index contributed by atoms with van der Waals surface area (Å²) in [6.07, 6.45) is 2.33. The van der Waals surface area contributed by atoms with Crippen molar-refractivity contribution in [2.75, 3.05) is 26.3 Å². The summed E-state index contributed by atoms with van der Waals surface area (Å²) in [4.78, 5) is 0.